The van der Waals surface area contributed by atoms with Gasteiger partial charge in [0, 0.05) is 18.3 Å². The van der Waals surface area contributed by atoms with Crippen LogP contribution in [-0.4, -0.2) is 25.5 Å². The molecule has 0 aliphatic rings. The van der Waals surface area contributed by atoms with Crippen molar-refractivity contribution in [1.29, 1.82) is 0 Å². The van der Waals surface area contributed by atoms with Crippen LogP contribution >= 0.6 is 46.4 Å². The van der Waals surface area contributed by atoms with Gasteiger partial charge in [-0.2, -0.15) is 0 Å². The lowest BCUT2D eigenvalue weighted by Gasteiger charge is -2.12. The molecule has 4 nitrogen and oxygen atoms in total. The average Bonchev–Trinajstić information content (AvgIpc) is 2.54. The van der Waals surface area contributed by atoms with Crippen LogP contribution in [0.15, 0.2) is 27.9 Å². The van der Waals surface area contributed by atoms with E-state index >= 15 is 0 Å². The smallest absolute Gasteiger partial charge is 0.156 e. The zero-order valence-electron chi connectivity index (χ0n) is 14.8. The molecular weight excluding hydrogens is 420 g/mol. The molecule has 0 atom stereocenters. The van der Waals surface area contributed by atoms with Crippen molar-refractivity contribution in [3.05, 3.63) is 32.7 Å². The van der Waals surface area contributed by atoms with Gasteiger partial charge < -0.3 is 14.3 Å². The molecule has 146 valence electrons. The predicted molar refractivity (Wildman–Crippen MR) is 110 cm³/mol. The molecule has 0 saturated heterocycles. The topological polar surface area (TPSA) is 40.0 Å². The Morgan fingerprint density at radius 1 is 1.08 bits per heavy atom. The molecule has 0 aromatic heterocycles. The number of unbranched alkanes of at least 4 members (excludes halogenated alkanes) is 3. The molecule has 1 rings (SSSR count). The molecule has 0 N–H and O–H groups in total. The van der Waals surface area contributed by atoms with Crippen molar-refractivity contribution in [3.63, 3.8) is 0 Å². The first-order valence-corrected chi connectivity index (χ1v) is 9.84. The Morgan fingerprint density at radius 3 is 2.38 bits per heavy atom. The second-order valence-corrected chi connectivity index (χ2v) is 7.48. The minimum Gasteiger partial charge on any atom is -0.490 e. The van der Waals surface area contributed by atoms with Crippen LogP contribution in [0.2, 0.25) is 10.0 Å². The maximum absolute atomic E-state index is 6.21. The molecule has 0 heterocycles. The van der Waals surface area contributed by atoms with E-state index in [1.165, 1.54) is 6.08 Å². The molecule has 0 amide bonds. The van der Waals surface area contributed by atoms with Gasteiger partial charge in [-0.05, 0) is 45.6 Å². The fourth-order valence-electron chi connectivity index (χ4n) is 1.86. The molecule has 8 heteroatoms. The van der Waals surface area contributed by atoms with Crippen molar-refractivity contribution < 1.29 is 14.3 Å². The Bertz CT molecular complexity index is 579. The Morgan fingerprint density at radius 2 is 1.77 bits per heavy atom. The summed E-state index contributed by atoms with van der Waals surface area (Å²) in [6.45, 7) is 4.64. The highest BCUT2D eigenvalue weighted by Crippen LogP contribution is 2.37. The lowest BCUT2D eigenvalue weighted by Crippen LogP contribution is -2.00. The summed E-state index contributed by atoms with van der Waals surface area (Å²) in [6, 6.07) is 3.29. The van der Waals surface area contributed by atoms with Crippen LogP contribution in [0, 0.1) is 0 Å². The highest BCUT2D eigenvalue weighted by molar-refractivity contribution is 6.55. The third-order valence-electron chi connectivity index (χ3n) is 3.03. The van der Waals surface area contributed by atoms with Crippen LogP contribution in [0.25, 0.3) is 0 Å². The fourth-order valence-corrected chi connectivity index (χ4v) is 2.57. The summed E-state index contributed by atoms with van der Waals surface area (Å²) in [6.07, 6.45) is 7.22. The van der Waals surface area contributed by atoms with Crippen LogP contribution in [0.5, 0.6) is 11.5 Å². The van der Waals surface area contributed by atoms with E-state index < -0.39 is 0 Å². The summed E-state index contributed by atoms with van der Waals surface area (Å²) in [7, 11) is 0. The van der Waals surface area contributed by atoms with Crippen molar-refractivity contribution in [3.8, 4) is 11.5 Å². The summed E-state index contributed by atoms with van der Waals surface area (Å²) >= 11 is 23.5. The minimum atomic E-state index is 0.112. The predicted octanol–water partition coefficient (Wildman–Crippen LogP) is 7.04. The number of rotatable bonds is 12. The van der Waals surface area contributed by atoms with E-state index in [9.17, 15) is 0 Å². The van der Waals surface area contributed by atoms with Gasteiger partial charge in [0.05, 0.1) is 16.7 Å². The van der Waals surface area contributed by atoms with Crippen molar-refractivity contribution >= 4 is 52.6 Å². The molecular formula is C18H23Cl4NO3. The normalized spacial score (nSPS) is 11.0. The number of ether oxygens (including phenoxy) is 2. The Hall–Kier alpha value is -0.810. The average molecular weight is 443 g/mol. The fraction of sp³-hybridized carbons (Fsp3) is 0.500. The molecule has 0 radical (unpaired) electrons. The van der Waals surface area contributed by atoms with Gasteiger partial charge in [-0.3, -0.25) is 0 Å². The van der Waals surface area contributed by atoms with Gasteiger partial charge in [-0.25, -0.2) is 0 Å². The molecule has 0 fully saturated rings. The van der Waals surface area contributed by atoms with E-state index in [1.54, 1.807) is 18.3 Å². The Kier molecular flexibility index (Phi) is 11.9. The molecule has 0 spiro atoms. The maximum atomic E-state index is 6.21. The summed E-state index contributed by atoms with van der Waals surface area (Å²) in [5.41, 5.74) is 0. The first kappa shape index (κ1) is 23.2. The van der Waals surface area contributed by atoms with Crippen molar-refractivity contribution in [2.75, 3.05) is 13.2 Å². The third kappa shape index (κ3) is 10.4. The zero-order chi connectivity index (χ0) is 19.4. The van der Waals surface area contributed by atoms with Gasteiger partial charge in [-0.15, -0.1) is 0 Å². The standard InChI is InChI=1S/C18H23Cl4NO3/c1-13(2)26-23-8-5-3-4-6-9-25-18-15(19)11-14(12-16(18)20)24-10-7-17(21)22/h7-8,11-13H,3-6,9-10H2,1-2H3. The summed E-state index contributed by atoms with van der Waals surface area (Å²) in [4.78, 5) is 5.09. The van der Waals surface area contributed by atoms with Gasteiger partial charge in [0.15, 0.2) is 5.75 Å². The summed E-state index contributed by atoms with van der Waals surface area (Å²) in [5, 5.41) is 4.67. The van der Waals surface area contributed by atoms with E-state index in [-0.39, 0.29) is 17.2 Å². The number of hydrogen-bond acceptors (Lipinski definition) is 4. The maximum Gasteiger partial charge on any atom is 0.156 e. The number of halogens is 4. The third-order valence-corrected chi connectivity index (χ3v) is 3.90. The van der Waals surface area contributed by atoms with Crippen LogP contribution in [0.4, 0.5) is 0 Å². The highest BCUT2D eigenvalue weighted by atomic mass is 35.5. The van der Waals surface area contributed by atoms with Crippen LogP contribution in [-0.2, 0) is 4.84 Å². The lowest BCUT2D eigenvalue weighted by atomic mass is 10.2. The quantitative estimate of drug-likeness (QED) is 0.198. The summed E-state index contributed by atoms with van der Waals surface area (Å²) in [5.74, 6) is 0.972. The first-order valence-electron chi connectivity index (χ1n) is 8.33. The monoisotopic (exact) mass is 441 g/mol. The van der Waals surface area contributed by atoms with Crippen LogP contribution in [0.1, 0.15) is 39.5 Å². The van der Waals surface area contributed by atoms with E-state index in [1.807, 2.05) is 13.8 Å². The van der Waals surface area contributed by atoms with Gasteiger partial charge >= 0.3 is 0 Å². The van der Waals surface area contributed by atoms with E-state index in [0.717, 1.165) is 25.7 Å². The SMILES string of the molecule is CC(C)ON=CCCCCCOc1c(Cl)cc(OCC=C(Cl)Cl)cc1Cl. The molecule has 1 aromatic rings. The Balaban J connectivity index is 2.32. The number of oxime groups is 1. The first-order chi connectivity index (χ1) is 12.4. The van der Waals surface area contributed by atoms with Gasteiger partial charge in [-0.1, -0.05) is 51.6 Å². The number of nitrogens with zero attached hydrogens (tertiary/aromatic N) is 1. The molecule has 0 aliphatic heterocycles. The second-order valence-electron chi connectivity index (χ2n) is 5.66. The van der Waals surface area contributed by atoms with Crippen molar-refractivity contribution in [1.82, 2.24) is 0 Å². The Labute approximate surface area is 175 Å². The highest BCUT2D eigenvalue weighted by Gasteiger charge is 2.10. The van der Waals surface area contributed by atoms with Crippen molar-refractivity contribution in [2.24, 2.45) is 5.16 Å². The minimum absolute atomic E-state index is 0.112. The molecule has 0 bridgehead atoms. The van der Waals surface area contributed by atoms with Gasteiger partial charge in [0.25, 0.3) is 0 Å². The zero-order valence-corrected chi connectivity index (χ0v) is 17.8. The van der Waals surface area contributed by atoms with Crippen LogP contribution in [0.3, 0.4) is 0 Å². The largest absolute Gasteiger partial charge is 0.490 e. The summed E-state index contributed by atoms with van der Waals surface area (Å²) < 4.78 is 11.3. The van der Waals surface area contributed by atoms with E-state index in [4.69, 9.17) is 60.7 Å². The number of hydrogen-bond donors (Lipinski definition) is 0. The number of benzene rings is 1. The molecule has 0 unspecified atom stereocenters. The van der Waals surface area contributed by atoms with E-state index in [0.29, 0.717) is 28.2 Å². The second kappa shape index (κ2) is 13.4. The molecule has 0 saturated carbocycles. The molecule has 1 aromatic carbocycles. The molecule has 26 heavy (non-hydrogen) atoms. The lowest BCUT2D eigenvalue weighted by molar-refractivity contribution is 0.0867. The van der Waals surface area contributed by atoms with Gasteiger partial charge in [0.1, 0.15) is 23.0 Å². The van der Waals surface area contributed by atoms with Crippen LogP contribution < -0.4 is 9.47 Å². The van der Waals surface area contributed by atoms with Gasteiger partial charge in [0.2, 0.25) is 0 Å². The van der Waals surface area contributed by atoms with E-state index in [2.05, 4.69) is 5.16 Å². The molecule has 0 aliphatic carbocycles. The van der Waals surface area contributed by atoms with Crippen molar-refractivity contribution in [2.45, 2.75) is 45.6 Å².